The van der Waals surface area contributed by atoms with Gasteiger partial charge < -0.3 is 14.8 Å². The summed E-state index contributed by atoms with van der Waals surface area (Å²) < 4.78 is 40.4. The molecule has 0 radical (unpaired) electrons. The van der Waals surface area contributed by atoms with Gasteiger partial charge in [0.2, 0.25) is 5.82 Å². The van der Waals surface area contributed by atoms with Gasteiger partial charge in [-0.3, -0.25) is 0 Å². The Hall–Kier alpha value is -2.77. The second-order valence-electron chi connectivity index (χ2n) is 9.30. The van der Waals surface area contributed by atoms with Gasteiger partial charge in [0.05, 0.1) is 11.2 Å². The van der Waals surface area contributed by atoms with Crippen LogP contribution in [0.25, 0.3) is 11.3 Å². The third-order valence-corrected chi connectivity index (χ3v) is 4.31. The van der Waals surface area contributed by atoms with Crippen LogP contribution < -0.4 is 10.1 Å². The first kappa shape index (κ1) is 24.5. The molecule has 0 aliphatic carbocycles. The van der Waals surface area contributed by atoms with E-state index >= 15 is 0 Å². The second-order valence-corrected chi connectivity index (χ2v) is 9.30. The van der Waals surface area contributed by atoms with Gasteiger partial charge in [-0.05, 0) is 65.2 Å². The van der Waals surface area contributed by atoms with E-state index in [9.17, 15) is 13.6 Å². The zero-order valence-corrected chi connectivity index (χ0v) is 19.2. The number of ether oxygens (including phenoxy) is 2. The number of nitrogens with zero attached hydrogens (tertiary/aromatic N) is 2. The Balaban J connectivity index is 2.21. The number of nitrogens with one attached hydrogen (secondary N) is 1. The Labute approximate surface area is 182 Å². The fourth-order valence-corrected chi connectivity index (χ4v) is 3.28. The normalized spacial score (nSPS) is 13.6. The first-order chi connectivity index (χ1) is 14.3. The van der Waals surface area contributed by atoms with Crippen molar-refractivity contribution in [2.75, 3.05) is 6.61 Å². The molecule has 1 N–H and O–H groups in total. The highest BCUT2D eigenvalue weighted by molar-refractivity contribution is 5.68. The molecule has 0 fully saturated rings. The number of amides is 1. The zero-order valence-electron chi connectivity index (χ0n) is 19.2. The molecule has 0 spiro atoms. The van der Waals surface area contributed by atoms with Crippen LogP contribution in [-0.2, 0) is 4.74 Å². The summed E-state index contributed by atoms with van der Waals surface area (Å²) in [6, 6.07) is 4.28. The van der Waals surface area contributed by atoms with E-state index in [1.807, 2.05) is 13.8 Å². The molecular formula is C23H31F2N3O3. The number of aromatic nitrogens is 2. The summed E-state index contributed by atoms with van der Waals surface area (Å²) in [5, 5.41) is 2.81. The highest BCUT2D eigenvalue weighted by Gasteiger charge is 2.31. The number of hydrogen-bond donors (Lipinski definition) is 1. The summed E-state index contributed by atoms with van der Waals surface area (Å²) in [6.07, 6.45) is 1.44. The van der Waals surface area contributed by atoms with Crippen molar-refractivity contribution in [1.29, 1.82) is 0 Å². The van der Waals surface area contributed by atoms with Crippen LogP contribution in [0.1, 0.15) is 53.8 Å². The first-order valence-electron chi connectivity index (χ1n) is 10.2. The number of alkyl carbamates (subject to hydrolysis) is 1. The van der Waals surface area contributed by atoms with E-state index in [0.29, 0.717) is 12.2 Å². The Morgan fingerprint density at radius 2 is 1.81 bits per heavy atom. The number of rotatable bonds is 7. The molecule has 2 rings (SSSR count). The van der Waals surface area contributed by atoms with Crippen molar-refractivity contribution in [1.82, 2.24) is 15.3 Å². The van der Waals surface area contributed by atoms with Gasteiger partial charge in [-0.15, -0.1) is 0 Å². The lowest BCUT2D eigenvalue weighted by atomic mass is 9.91. The van der Waals surface area contributed by atoms with Crippen LogP contribution in [-0.4, -0.2) is 33.8 Å². The lowest BCUT2D eigenvalue weighted by Crippen LogP contribution is -2.52. The summed E-state index contributed by atoms with van der Waals surface area (Å²) in [5.74, 6) is -1.74. The molecular weight excluding hydrogens is 404 g/mol. The minimum absolute atomic E-state index is 0.0205. The summed E-state index contributed by atoms with van der Waals surface area (Å²) in [5.41, 5.74) is -1.20. The predicted octanol–water partition coefficient (Wildman–Crippen LogP) is 5.44. The number of hydrogen-bond acceptors (Lipinski definition) is 5. The van der Waals surface area contributed by atoms with Crippen molar-refractivity contribution in [3.05, 3.63) is 41.9 Å². The lowest BCUT2D eigenvalue weighted by molar-refractivity contribution is 0.0406. The molecule has 0 saturated heterocycles. The van der Waals surface area contributed by atoms with E-state index < -0.39 is 28.9 Å². The number of carbonyl (C=O) groups is 1. The topological polar surface area (TPSA) is 73.3 Å². The summed E-state index contributed by atoms with van der Waals surface area (Å²) >= 11 is 0. The van der Waals surface area contributed by atoms with E-state index in [1.165, 1.54) is 24.4 Å². The van der Waals surface area contributed by atoms with Gasteiger partial charge in [-0.25, -0.2) is 19.2 Å². The SMILES string of the molecule is Cc1nccc(-c2ccc(OCC(C)(CC(C)C)NC(=O)OC(C)(C)C)c(F)c2F)n1. The molecule has 8 heteroatoms. The van der Waals surface area contributed by atoms with Crippen LogP contribution in [0.5, 0.6) is 5.75 Å². The van der Waals surface area contributed by atoms with Crippen LogP contribution in [0.2, 0.25) is 0 Å². The predicted molar refractivity (Wildman–Crippen MR) is 115 cm³/mol. The quantitative estimate of drug-likeness (QED) is 0.627. The molecule has 1 aromatic heterocycles. The average molecular weight is 436 g/mol. The molecule has 6 nitrogen and oxygen atoms in total. The Bertz CT molecular complexity index is 929. The molecule has 0 saturated carbocycles. The Morgan fingerprint density at radius 1 is 1.13 bits per heavy atom. The minimum Gasteiger partial charge on any atom is -0.488 e. The molecule has 1 atom stereocenters. The fourth-order valence-electron chi connectivity index (χ4n) is 3.28. The maximum Gasteiger partial charge on any atom is 0.408 e. The highest BCUT2D eigenvalue weighted by atomic mass is 19.2. The smallest absolute Gasteiger partial charge is 0.408 e. The Kier molecular flexibility index (Phi) is 7.57. The van der Waals surface area contributed by atoms with Crippen LogP contribution in [0.4, 0.5) is 13.6 Å². The molecule has 31 heavy (non-hydrogen) atoms. The van der Waals surface area contributed by atoms with Crippen molar-refractivity contribution in [3.8, 4) is 17.0 Å². The second kappa shape index (κ2) is 9.58. The van der Waals surface area contributed by atoms with E-state index in [0.717, 1.165) is 0 Å². The largest absolute Gasteiger partial charge is 0.488 e. The van der Waals surface area contributed by atoms with Crippen molar-refractivity contribution < 1.29 is 23.0 Å². The van der Waals surface area contributed by atoms with Crippen LogP contribution in [0.3, 0.4) is 0 Å². The minimum atomic E-state index is -1.11. The van der Waals surface area contributed by atoms with Crippen LogP contribution in [0, 0.1) is 24.5 Å². The monoisotopic (exact) mass is 435 g/mol. The zero-order chi connectivity index (χ0) is 23.4. The van der Waals surface area contributed by atoms with Gasteiger partial charge in [0.1, 0.15) is 18.0 Å². The molecule has 2 aromatic rings. The lowest BCUT2D eigenvalue weighted by Gasteiger charge is -2.33. The first-order valence-corrected chi connectivity index (χ1v) is 10.2. The van der Waals surface area contributed by atoms with Crippen molar-refractivity contribution in [2.24, 2.45) is 5.92 Å². The molecule has 1 aromatic carbocycles. The molecule has 1 unspecified atom stereocenters. The molecule has 0 aliphatic rings. The van der Waals surface area contributed by atoms with Gasteiger partial charge in [-0.1, -0.05) is 13.8 Å². The summed E-state index contributed by atoms with van der Waals surface area (Å²) in [4.78, 5) is 20.4. The van der Waals surface area contributed by atoms with Crippen LogP contribution >= 0.6 is 0 Å². The van der Waals surface area contributed by atoms with Crippen molar-refractivity contribution >= 4 is 6.09 Å². The number of halogens is 2. The number of aryl methyl sites for hydroxylation is 1. The van der Waals surface area contributed by atoms with E-state index in [1.54, 1.807) is 34.6 Å². The molecule has 170 valence electrons. The third-order valence-electron chi connectivity index (χ3n) is 4.31. The van der Waals surface area contributed by atoms with Gasteiger partial charge >= 0.3 is 6.09 Å². The standard InChI is InChI=1S/C23H31F2N3O3/c1-14(2)12-23(7,28-21(29)31-22(4,5)6)13-30-18-9-8-16(19(24)20(18)25)17-10-11-26-15(3)27-17/h8-11,14H,12-13H2,1-7H3,(H,28,29). The molecule has 0 bridgehead atoms. The molecule has 0 aliphatic heterocycles. The highest BCUT2D eigenvalue weighted by Crippen LogP contribution is 2.30. The van der Waals surface area contributed by atoms with Gasteiger partial charge in [0.25, 0.3) is 0 Å². The molecule has 1 amide bonds. The van der Waals surface area contributed by atoms with Crippen molar-refractivity contribution in [2.45, 2.75) is 66.0 Å². The third kappa shape index (κ3) is 7.15. The maximum absolute atomic E-state index is 14.7. The van der Waals surface area contributed by atoms with Gasteiger partial charge in [-0.2, -0.15) is 4.39 Å². The number of benzene rings is 1. The molecule has 1 heterocycles. The number of carbonyl (C=O) groups excluding carboxylic acids is 1. The van der Waals surface area contributed by atoms with E-state index in [-0.39, 0.29) is 29.5 Å². The van der Waals surface area contributed by atoms with Gasteiger partial charge in [0, 0.05) is 11.8 Å². The van der Waals surface area contributed by atoms with Gasteiger partial charge in [0.15, 0.2) is 11.6 Å². The van der Waals surface area contributed by atoms with E-state index in [2.05, 4.69) is 15.3 Å². The Morgan fingerprint density at radius 3 is 2.39 bits per heavy atom. The van der Waals surface area contributed by atoms with Crippen LogP contribution in [0.15, 0.2) is 24.4 Å². The maximum atomic E-state index is 14.7. The summed E-state index contributed by atoms with van der Waals surface area (Å²) in [6.45, 7) is 12.7. The fraction of sp³-hybridized carbons (Fsp3) is 0.522. The summed E-state index contributed by atoms with van der Waals surface area (Å²) in [7, 11) is 0. The van der Waals surface area contributed by atoms with Crippen molar-refractivity contribution in [3.63, 3.8) is 0 Å². The average Bonchev–Trinajstić information content (AvgIpc) is 2.60. The van der Waals surface area contributed by atoms with E-state index in [4.69, 9.17) is 9.47 Å².